The summed E-state index contributed by atoms with van der Waals surface area (Å²) in [7, 11) is 0. The van der Waals surface area contributed by atoms with E-state index in [9.17, 15) is 14.4 Å². The Morgan fingerprint density at radius 1 is 1.03 bits per heavy atom. The van der Waals surface area contributed by atoms with Gasteiger partial charge in [0.1, 0.15) is 0 Å². The molecule has 0 saturated heterocycles. The Kier molecular flexibility index (Phi) is 9.29. The molecule has 39 heavy (non-hydrogen) atoms. The van der Waals surface area contributed by atoms with E-state index in [0.29, 0.717) is 37.2 Å². The number of nitriles is 1. The molecule has 1 aliphatic rings. The van der Waals surface area contributed by atoms with E-state index >= 15 is 0 Å². The molecule has 7 heteroatoms. The Labute approximate surface area is 228 Å². The number of hydrogen-bond donors (Lipinski definition) is 0. The molecule has 4 rings (SSSR count). The third-order valence-electron chi connectivity index (χ3n) is 6.73. The molecule has 3 aromatic carbocycles. The quantitative estimate of drug-likeness (QED) is 0.272. The summed E-state index contributed by atoms with van der Waals surface area (Å²) in [5, 5.41) is 8.98. The number of amides is 2. The van der Waals surface area contributed by atoms with Crippen LogP contribution in [0.15, 0.2) is 78.6 Å². The molecule has 0 spiro atoms. The molecule has 0 N–H and O–H groups in total. The van der Waals surface area contributed by atoms with Crippen LogP contribution in [0.4, 0.5) is 11.4 Å². The zero-order valence-corrected chi connectivity index (χ0v) is 22.1. The van der Waals surface area contributed by atoms with Gasteiger partial charge in [-0.1, -0.05) is 42.5 Å². The van der Waals surface area contributed by atoms with E-state index < -0.39 is 0 Å². The summed E-state index contributed by atoms with van der Waals surface area (Å²) in [6, 6.07) is 24.8. The lowest BCUT2D eigenvalue weighted by atomic mass is 9.99. The minimum Gasteiger partial charge on any atom is -0.486 e. The van der Waals surface area contributed by atoms with Crippen LogP contribution in [0.5, 0.6) is 0 Å². The molecule has 0 radical (unpaired) electrons. The van der Waals surface area contributed by atoms with Gasteiger partial charge in [-0.25, -0.2) is 4.79 Å². The first kappa shape index (κ1) is 27.4. The minimum absolute atomic E-state index is 0.0162. The molecule has 1 heterocycles. The summed E-state index contributed by atoms with van der Waals surface area (Å²) in [6.07, 6.45) is 2.41. The van der Waals surface area contributed by atoms with E-state index in [0.717, 1.165) is 35.2 Å². The molecule has 0 aliphatic carbocycles. The average Bonchev–Trinajstić information content (AvgIpc) is 2.98. The minimum atomic E-state index is -0.267. The fourth-order valence-corrected chi connectivity index (χ4v) is 4.76. The number of fused-ring (bicyclic) bond motifs is 1. The van der Waals surface area contributed by atoms with Gasteiger partial charge in [0.05, 0.1) is 31.2 Å². The summed E-state index contributed by atoms with van der Waals surface area (Å²) in [6.45, 7) is 3.02. The van der Waals surface area contributed by atoms with Gasteiger partial charge in [0.15, 0.2) is 11.7 Å². The smallest absolute Gasteiger partial charge is 0.235 e. The topological polar surface area (TPSA) is 90.7 Å². The zero-order chi connectivity index (χ0) is 27.6. The number of anilines is 2. The van der Waals surface area contributed by atoms with E-state index in [1.807, 2.05) is 65.6 Å². The molecular weight excluding hydrogens is 490 g/mol. The predicted molar refractivity (Wildman–Crippen MR) is 150 cm³/mol. The highest BCUT2D eigenvalue weighted by atomic mass is 16.5. The van der Waals surface area contributed by atoms with Crippen LogP contribution in [0, 0.1) is 11.3 Å². The van der Waals surface area contributed by atoms with Gasteiger partial charge < -0.3 is 14.5 Å². The molecule has 1 aliphatic heterocycles. The van der Waals surface area contributed by atoms with Crippen molar-refractivity contribution in [2.45, 2.75) is 45.6 Å². The number of carbonyl (C=O) groups excluding carboxylic acids is 3. The van der Waals surface area contributed by atoms with Crippen LogP contribution in [-0.2, 0) is 38.5 Å². The second-order valence-electron chi connectivity index (χ2n) is 9.37. The summed E-state index contributed by atoms with van der Waals surface area (Å²) in [4.78, 5) is 41.3. The number of aryl methyl sites for hydroxylation is 2. The van der Waals surface area contributed by atoms with E-state index in [-0.39, 0.29) is 30.6 Å². The number of ether oxygens (including phenoxy) is 1. The fraction of sp³-hybridized carbons (Fsp3) is 0.281. The molecule has 0 aromatic heterocycles. The normalized spacial score (nSPS) is 12.1. The first-order valence-corrected chi connectivity index (χ1v) is 13.2. The van der Waals surface area contributed by atoms with Gasteiger partial charge in [-0.05, 0) is 73.2 Å². The van der Waals surface area contributed by atoms with Crippen molar-refractivity contribution in [2.75, 3.05) is 23.0 Å². The van der Waals surface area contributed by atoms with Crippen LogP contribution in [0.25, 0.3) is 0 Å². The van der Waals surface area contributed by atoms with E-state index in [4.69, 9.17) is 10.00 Å². The number of carbonyl (C=O) groups is 2. The van der Waals surface area contributed by atoms with Crippen molar-refractivity contribution in [3.05, 3.63) is 101 Å². The number of rotatable bonds is 10. The third kappa shape index (κ3) is 7.01. The van der Waals surface area contributed by atoms with Crippen LogP contribution >= 0.6 is 0 Å². The van der Waals surface area contributed by atoms with E-state index in [1.165, 1.54) is 0 Å². The van der Waals surface area contributed by atoms with Crippen LogP contribution < -0.4 is 9.80 Å². The monoisotopic (exact) mass is 521 g/mol. The van der Waals surface area contributed by atoms with Crippen molar-refractivity contribution >= 4 is 29.1 Å². The largest absolute Gasteiger partial charge is 0.486 e. The Morgan fingerprint density at radius 2 is 1.79 bits per heavy atom. The Bertz CT molecular complexity index is 1400. The molecule has 0 atom stereocenters. The molecule has 3 aromatic rings. The Hall–Kier alpha value is -4.66. The Balaban J connectivity index is 1.54. The van der Waals surface area contributed by atoms with Crippen molar-refractivity contribution in [1.29, 1.82) is 5.26 Å². The van der Waals surface area contributed by atoms with Crippen molar-refractivity contribution < 1.29 is 19.1 Å². The molecule has 0 unspecified atom stereocenters. The maximum atomic E-state index is 13.4. The van der Waals surface area contributed by atoms with Gasteiger partial charge in [0.25, 0.3) is 0 Å². The van der Waals surface area contributed by atoms with Crippen LogP contribution in [0.2, 0.25) is 0 Å². The summed E-state index contributed by atoms with van der Waals surface area (Å²) in [5.74, 6) is 1.50. The van der Waals surface area contributed by atoms with Crippen molar-refractivity contribution in [3.8, 4) is 6.07 Å². The SMILES string of the molecule is CCOC(=C=O)CC(=O)N(Cc1ccccc1)c1ccc2c(c1)CCCN2C(=O)CCc1ccc(C#N)cc1. The molecule has 0 bridgehead atoms. The highest BCUT2D eigenvalue weighted by Crippen LogP contribution is 2.32. The average molecular weight is 522 g/mol. The molecule has 2 amide bonds. The van der Waals surface area contributed by atoms with Gasteiger partial charge in [-0.3, -0.25) is 9.59 Å². The van der Waals surface area contributed by atoms with E-state index in [1.54, 1.807) is 29.9 Å². The standard InChI is InChI=1S/C32H31N3O4/c1-2-39-29(23-36)20-32(38)35(22-26-7-4-3-5-8-26)28-15-16-30-27(19-28)9-6-18-34(30)31(37)17-14-24-10-12-25(21-33)13-11-24/h3-5,7-8,10-13,15-16,19H,2,6,9,14,17-18,20,22H2,1H3. The molecule has 198 valence electrons. The zero-order valence-electron chi connectivity index (χ0n) is 22.1. The van der Waals surface area contributed by atoms with Gasteiger partial charge in [0.2, 0.25) is 11.8 Å². The van der Waals surface area contributed by atoms with E-state index in [2.05, 4.69) is 6.07 Å². The number of hydrogen-bond acceptors (Lipinski definition) is 5. The van der Waals surface area contributed by atoms with Crippen LogP contribution in [0.1, 0.15) is 48.4 Å². The van der Waals surface area contributed by atoms with Crippen molar-refractivity contribution in [3.63, 3.8) is 0 Å². The second-order valence-corrected chi connectivity index (χ2v) is 9.37. The maximum Gasteiger partial charge on any atom is 0.235 e. The first-order valence-electron chi connectivity index (χ1n) is 13.2. The first-order chi connectivity index (χ1) is 19.0. The van der Waals surface area contributed by atoms with Gasteiger partial charge in [0, 0.05) is 24.3 Å². The number of nitrogens with zero attached hydrogens (tertiary/aromatic N) is 3. The Morgan fingerprint density at radius 3 is 2.49 bits per heavy atom. The van der Waals surface area contributed by atoms with Gasteiger partial charge in [-0.15, -0.1) is 0 Å². The lowest BCUT2D eigenvalue weighted by Crippen LogP contribution is -2.36. The lowest BCUT2D eigenvalue weighted by Gasteiger charge is -2.31. The van der Waals surface area contributed by atoms with Crippen LogP contribution in [0.3, 0.4) is 0 Å². The predicted octanol–water partition coefficient (Wildman–Crippen LogP) is 5.15. The van der Waals surface area contributed by atoms with Gasteiger partial charge >= 0.3 is 0 Å². The molecule has 0 saturated carbocycles. The summed E-state index contributed by atoms with van der Waals surface area (Å²) in [5.41, 5.74) is 5.15. The number of benzene rings is 3. The fourth-order valence-electron chi connectivity index (χ4n) is 4.76. The molecular formula is C32H31N3O4. The third-order valence-corrected chi connectivity index (χ3v) is 6.73. The lowest BCUT2D eigenvalue weighted by molar-refractivity contribution is -0.119. The van der Waals surface area contributed by atoms with Gasteiger partial charge in [-0.2, -0.15) is 5.26 Å². The maximum absolute atomic E-state index is 13.4. The highest BCUT2D eigenvalue weighted by Gasteiger charge is 2.25. The highest BCUT2D eigenvalue weighted by molar-refractivity contribution is 5.97. The van der Waals surface area contributed by atoms with Crippen molar-refractivity contribution in [1.82, 2.24) is 0 Å². The summed E-state index contributed by atoms with van der Waals surface area (Å²) >= 11 is 0. The second kappa shape index (κ2) is 13.2. The van der Waals surface area contributed by atoms with Crippen molar-refractivity contribution in [2.24, 2.45) is 0 Å². The van der Waals surface area contributed by atoms with Crippen LogP contribution in [-0.4, -0.2) is 30.9 Å². The molecule has 0 fully saturated rings. The molecule has 7 nitrogen and oxygen atoms in total. The summed E-state index contributed by atoms with van der Waals surface area (Å²) < 4.78 is 5.28.